The third-order valence-corrected chi connectivity index (χ3v) is 2.42. The van der Waals surface area contributed by atoms with E-state index in [2.05, 4.69) is 5.32 Å². The molecule has 0 aliphatic carbocycles. The highest BCUT2D eigenvalue weighted by molar-refractivity contribution is 5.94. The van der Waals surface area contributed by atoms with Gasteiger partial charge in [0.1, 0.15) is 0 Å². The van der Waals surface area contributed by atoms with Crippen molar-refractivity contribution in [1.82, 2.24) is 5.32 Å². The summed E-state index contributed by atoms with van der Waals surface area (Å²) in [7, 11) is 0. The lowest BCUT2D eigenvalue weighted by molar-refractivity contribution is 0.0934. The van der Waals surface area contributed by atoms with Crippen LogP contribution in [0.3, 0.4) is 0 Å². The molecule has 0 saturated carbocycles. The van der Waals surface area contributed by atoms with Crippen LogP contribution < -0.4 is 5.32 Å². The summed E-state index contributed by atoms with van der Waals surface area (Å²) in [6, 6.07) is 5.77. The maximum atomic E-state index is 11.8. The summed E-state index contributed by atoms with van der Waals surface area (Å²) < 4.78 is 0. The van der Waals surface area contributed by atoms with Gasteiger partial charge >= 0.3 is 0 Å². The van der Waals surface area contributed by atoms with Gasteiger partial charge in [0.15, 0.2) is 0 Å². The van der Waals surface area contributed by atoms with Crippen molar-refractivity contribution in [1.29, 1.82) is 0 Å². The Kier molecular flexibility index (Phi) is 4.50. The van der Waals surface area contributed by atoms with Gasteiger partial charge in [-0.15, -0.1) is 0 Å². The molecular formula is C13H19NO2. The number of aliphatic hydroxyl groups excluding tert-OH is 1. The van der Waals surface area contributed by atoms with Crippen LogP contribution in [0.4, 0.5) is 0 Å². The van der Waals surface area contributed by atoms with Crippen molar-refractivity contribution in [3.8, 4) is 0 Å². The van der Waals surface area contributed by atoms with E-state index in [0.29, 0.717) is 12.0 Å². The van der Waals surface area contributed by atoms with Gasteiger partial charge in [-0.1, -0.05) is 17.2 Å². The Hall–Kier alpha value is -1.35. The molecule has 2 N–H and O–H groups in total. The van der Waals surface area contributed by atoms with Crippen molar-refractivity contribution in [3.05, 3.63) is 34.9 Å². The number of aliphatic hydroxyl groups is 1. The number of benzene rings is 1. The summed E-state index contributed by atoms with van der Waals surface area (Å²) in [5, 5.41) is 11.6. The lowest BCUT2D eigenvalue weighted by Crippen LogP contribution is -2.33. The van der Waals surface area contributed by atoms with Crippen LogP contribution >= 0.6 is 0 Å². The third kappa shape index (κ3) is 3.66. The van der Waals surface area contributed by atoms with Crippen molar-refractivity contribution < 1.29 is 9.90 Å². The Morgan fingerprint density at radius 2 is 1.88 bits per heavy atom. The van der Waals surface area contributed by atoms with E-state index < -0.39 is 0 Å². The first-order chi connectivity index (χ1) is 7.52. The summed E-state index contributed by atoms with van der Waals surface area (Å²) in [6.45, 7) is 5.92. The van der Waals surface area contributed by atoms with Crippen molar-refractivity contribution in [2.24, 2.45) is 0 Å². The first-order valence-electron chi connectivity index (χ1n) is 5.53. The van der Waals surface area contributed by atoms with Gasteiger partial charge in [0.05, 0.1) is 0 Å². The minimum atomic E-state index is -0.0762. The minimum absolute atomic E-state index is 0.00156. The maximum absolute atomic E-state index is 11.8. The second kappa shape index (κ2) is 5.66. The quantitative estimate of drug-likeness (QED) is 0.814. The van der Waals surface area contributed by atoms with Crippen LogP contribution in [-0.4, -0.2) is 23.7 Å². The molecule has 0 aliphatic heterocycles. The fourth-order valence-corrected chi connectivity index (χ4v) is 1.68. The van der Waals surface area contributed by atoms with E-state index in [1.54, 1.807) is 0 Å². The molecule has 0 radical (unpaired) electrons. The lowest BCUT2D eigenvalue weighted by atomic mass is 10.1. The lowest BCUT2D eigenvalue weighted by Gasteiger charge is -2.13. The van der Waals surface area contributed by atoms with E-state index in [0.717, 1.165) is 11.1 Å². The molecule has 88 valence electrons. The van der Waals surface area contributed by atoms with Crippen LogP contribution in [-0.2, 0) is 0 Å². The second-order valence-electron chi connectivity index (χ2n) is 4.26. The number of carbonyl (C=O) groups excluding carboxylic acids is 1. The first-order valence-corrected chi connectivity index (χ1v) is 5.53. The maximum Gasteiger partial charge on any atom is 0.251 e. The van der Waals surface area contributed by atoms with Crippen molar-refractivity contribution in [2.75, 3.05) is 6.61 Å². The molecule has 1 atom stereocenters. The topological polar surface area (TPSA) is 49.3 Å². The van der Waals surface area contributed by atoms with Gasteiger partial charge in [-0.2, -0.15) is 0 Å². The summed E-state index contributed by atoms with van der Waals surface area (Å²) in [6.07, 6.45) is 0.580. The smallest absolute Gasteiger partial charge is 0.251 e. The number of amides is 1. The van der Waals surface area contributed by atoms with Crippen LogP contribution in [0.25, 0.3) is 0 Å². The number of carbonyl (C=O) groups is 1. The number of hydrogen-bond acceptors (Lipinski definition) is 2. The summed E-state index contributed by atoms with van der Waals surface area (Å²) in [5.74, 6) is -0.0762. The normalized spacial score (nSPS) is 12.2. The van der Waals surface area contributed by atoms with Crippen LogP contribution in [0.2, 0.25) is 0 Å². The third-order valence-electron chi connectivity index (χ3n) is 2.42. The van der Waals surface area contributed by atoms with Crippen molar-refractivity contribution in [3.63, 3.8) is 0 Å². The minimum Gasteiger partial charge on any atom is -0.396 e. The summed E-state index contributed by atoms with van der Waals surface area (Å²) in [4.78, 5) is 11.8. The average molecular weight is 221 g/mol. The van der Waals surface area contributed by atoms with E-state index >= 15 is 0 Å². The molecule has 1 rings (SSSR count). The standard InChI is InChI=1S/C13H19NO2/c1-9-6-10(2)8-12(7-9)13(16)14-11(3)4-5-15/h6-8,11,15H,4-5H2,1-3H3,(H,14,16). The zero-order chi connectivity index (χ0) is 12.1. The Balaban J connectivity index is 2.72. The highest BCUT2D eigenvalue weighted by atomic mass is 16.3. The molecule has 0 spiro atoms. The molecule has 0 aliphatic rings. The molecule has 0 saturated heterocycles. The second-order valence-corrected chi connectivity index (χ2v) is 4.26. The van der Waals surface area contributed by atoms with Gasteiger partial charge in [0, 0.05) is 18.2 Å². The number of rotatable bonds is 4. The van der Waals surface area contributed by atoms with Gasteiger partial charge in [-0.3, -0.25) is 4.79 Å². The van der Waals surface area contributed by atoms with Crippen molar-refractivity contribution in [2.45, 2.75) is 33.2 Å². The van der Waals surface area contributed by atoms with Crippen LogP contribution in [0, 0.1) is 13.8 Å². The molecular weight excluding hydrogens is 202 g/mol. The van der Waals surface area contributed by atoms with Crippen LogP contribution in [0.1, 0.15) is 34.8 Å². The number of aryl methyl sites for hydroxylation is 2. The Morgan fingerprint density at radius 1 is 1.31 bits per heavy atom. The zero-order valence-corrected chi connectivity index (χ0v) is 10.1. The van der Waals surface area contributed by atoms with E-state index in [1.807, 2.05) is 39.0 Å². The molecule has 1 amide bonds. The molecule has 0 aromatic heterocycles. The molecule has 0 fully saturated rings. The predicted molar refractivity (Wildman–Crippen MR) is 64.5 cm³/mol. The summed E-state index contributed by atoms with van der Waals surface area (Å²) in [5.41, 5.74) is 2.85. The number of hydrogen-bond donors (Lipinski definition) is 2. The monoisotopic (exact) mass is 221 g/mol. The molecule has 0 bridgehead atoms. The largest absolute Gasteiger partial charge is 0.396 e. The van der Waals surface area contributed by atoms with Gasteiger partial charge in [-0.05, 0) is 39.3 Å². The van der Waals surface area contributed by atoms with Crippen LogP contribution in [0.15, 0.2) is 18.2 Å². The Bertz CT molecular complexity index is 354. The predicted octanol–water partition coefficient (Wildman–Crippen LogP) is 1.80. The molecule has 1 aromatic rings. The average Bonchev–Trinajstić information content (AvgIpc) is 2.16. The fourth-order valence-electron chi connectivity index (χ4n) is 1.68. The fraction of sp³-hybridized carbons (Fsp3) is 0.462. The molecule has 16 heavy (non-hydrogen) atoms. The highest BCUT2D eigenvalue weighted by Crippen LogP contribution is 2.09. The molecule has 3 nitrogen and oxygen atoms in total. The zero-order valence-electron chi connectivity index (χ0n) is 10.1. The van der Waals surface area contributed by atoms with E-state index in [9.17, 15) is 4.79 Å². The summed E-state index contributed by atoms with van der Waals surface area (Å²) >= 11 is 0. The van der Waals surface area contributed by atoms with Gasteiger partial charge in [0.25, 0.3) is 5.91 Å². The van der Waals surface area contributed by atoms with Gasteiger partial charge in [-0.25, -0.2) is 0 Å². The highest BCUT2D eigenvalue weighted by Gasteiger charge is 2.09. The van der Waals surface area contributed by atoms with Gasteiger partial charge < -0.3 is 10.4 Å². The van der Waals surface area contributed by atoms with Crippen molar-refractivity contribution >= 4 is 5.91 Å². The molecule has 0 heterocycles. The SMILES string of the molecule is Cc1cc(C)cc(C(=O)NC(C)CCO)c1. The van der Waals surface area contributed by atoms with E-state index in [-0.39, 0.29) is 18.6 Å². The molecule has 1 aromatic carbocycles. The molecule has 3 heteroatoms. The van der Waals surface area contributed by atoms with Crippen LogP contribution in [0.5, 0.6) is 0 Å². The van der Waals surface area contributed by atoms with E-state index in [1.165, 1.54) is 0 Å². The van der Waals surface area contributed by atoms with E-state index in [4.69, 9.17) is 5.11 Å². The Labute approximate surface area is 96.5 Å². The Morgan fingerprint density at radius 3 is 2.38 bits per heavy atom. The number of nitrogens with one attached hydrogen (secondary N) is 1. The van der Waals surface area contributed by atoms with Gasteiger partial charge in [0.2, 0.25) is 0 Å². The molecule has 1 unspecified atom stereocenters. The first kappa shape index (κ1) is 12.7.